The number of aliphatic imine (C=N–C) groups is 1. The molecule has 21 nitrogen and oxygen atoms in total. The van der Waals surface area contributed by atoms with Gasteiger partial charge in [0.25, 0.3) is 0 Å². The first-order chi connectivity index (χ1) is 47.5. The lowest BCUT2D eigenvalue weighted by molar-refractivity contribution is 0.461. The van der Waals surface area contributed by atoms with Crippen LogP contribution < -0.4 is 0 Å². The van der Waals surface area contributed by atoms with E-state index in [1.807, 2.05) is 68.3 Å². The first-order valence-electron chi connectivity index (χ1n) is 37.9. The van der Waals surface area contributed by atoms with Gasteiger partial charge in [-0.25, -0.2) is 14.7 Å². The smallest absolute Gasteiger partial charge is 0.165 e. The highest BCUT2D eigenvalue weighted by atomic mass is 15.5. The van der Waals surface area contributed by atoms with E-state index in [0.717, 1.165) is 45.8 Å². The number of nitrogens with zero attached hydrogens (tertiary/aromatic N) is 21. The summed E-state index contributed by atoms with van der Waals surface area (Å²) in [5.41, 5.74) is 11.3. The molecule has 0 fully saturated rings. The van der Waals surface area contributed by atoms with E-state index in [2.05, 4.69) is 361 Å². The zero-order chi connectivity index (χ0) is 78.0. The monoisotopic (exact) mass is 1440 g/mol. The molecule has 0 amide bonds. The fourth-order valence-corrected chi connectivity index (χ4v) is 8.15. The lowest BCUT2D eigenvalue weighted by Crippen LogP contribution is -2.08. The van der Waals surface area contributed by atoms with Crippen molar-refractivity contribution >= 4 is 5.84 Å². The molecule has 586 valence electrons. The maximum atomic E-state index is 4.57. The Labute approximate surface area is 633 Å². The summed E-state index contributed by atoms with van der Waals surface area (Å²) in [6.45, 7) is 76.5. The van der Waals surface area contributed by atoms with Gasteiger partial charge in [-0.1, -0.05) is 206 Å². The maximum absolute atomic E-state index is 4.57. The normalized spacial score (nSPS) is 12.4. The van der Waals surface area contributed by atoms with Gasteiger partial charge in [-0.2, -0.15) is 35.4 Å². The van der Waals surface area contributed by atoms with Crippen LogP contribution in [-0.4, -0.2) is 101 Å². The minimum atomic E-state index is 0. The van der Waals surface area contributed by atoms with Crippen molar-refractivity contribution in [3.8, 4) is 0 Å². The maximum Gasteiger partial charge on any atom is 0.165 e. The van der Waals surface area contributed by atoms with Gasteiger partial charge in [-0.15, -0.1) is 10.2 Å². The molecule has 0 radical (unpaired) electrons. The molecular formula is C83H149N21. The van der Waals surface area contributed by atoms with Gasteiger partial charge in [0.1, 0.15) is 6.33 Å². The van der Waals surface area contributed by atoms with Gasteiger partial charge in [-0.3, -0.25) is 39.0 Å². The van der Waals surface area contributed by atoms with Gasteiger partial charge in [0.15, 0.2) is 17.8 Å². The van der Waals surface area contributed by atoms with E-state index in [1.165, 1.54) is 22.6 Å². The van der Waals surface area contributed by atoms with Crippen molar-refractivity contribution in [2.45, 2.75) is 366 Å². The quantitative estimate of drug-likeness (QED) is 0.0779. The van der Waals surface area contributed by atoms with Crippen molar-refractivity contribution in [2.75, 3.05) is 0 Å². The van der Waals surface area contributed by atoms with Crippen molar-refractivity contribution < 1.29 is 0 Å². The van der Waals surface area contributed by atoms with E-state index < -0.39 is 0 Å². The zero-order valence-electron chi connectivity index (χ0n) is 70.4. The summed E-state index contributed by atoms with van der Waals surface area (Å²) in [6.07, 6.45) is 19.3. The lowest BCUT2D eigenvalue weighted by Gasteiger charge is -2.08. The average molecular weight is 1440 g/mol. The molecule has 8 aromatic rings. The van der Waals surface area contributed by atoms with Gasteiger partial charge >= 0.3 is 0 Å². The third kappa shape index (κ3) is 37.4. The molecule has 1 unspecified atom stereocenters. The predicted octanol–water partition coefficient (Wildman–Crippen LogP) is 23.7. The number of pyridine rings is 1. The number of azo groups is 1. The highest BCUT2D eigenvalue weighted by Crippen LogP contribution is 2.22. The van der Waals surface area contributed by atoms with Gasteiger partial charge in [-0.05, 0) is 158 Å². The molecule has 1 aliphatic rings. The van der Waals surface area contributed by atoms with Crippen LogP contribution in [0.2, 0.25) is 0 Å². The van der Waals surface area contributed by atoms with Crippen LogP contribution in [0, 0.1) is 11.8 Å². The van der Waals surface area contributed by atoms with E-state index in [0.29, 0.717) is 107 Å². The molecule has 21 heteroatoms. The highest BCUT2D eigenvalue weighted by Gasteiger charge is 2.19. The van der Waals surface area contributed by atoms with Crippen LogP contribution in [-0.2, 0) is 0 Å². The summed E-state index contributed by atoms with van der Waals surface area (Å²) in [5, 5.41) is 37.6. The summed E-state index contributed by atoms with van der Waals surface area (Å²) < 4.78 is 7.76. The molecular weight excluding hydrogens is 1290 g/mol. The van der Waals surface area contributed by atoms with Crippen LogP contribution in [0.1, 0.15) is 422 Å². The van der Waals surface area contributed by atoms with Crippen molar-refractivity contribution in [3.05, 3.63) is 149 Å². The largest absolute Gasteiger partial charge is 0.270 e. The number of hydrogen-bond donors (Lipinski definition) is 0. The van der Waals surface area contributed by atoms with Crippen LogP contribution in [0.3, 0.4) is 0 Å². The van der Waals surface area contributed by atoms with Crippen molar-refractivity contribution in [1.82, 2.24) is 89.2 Å². The Morgan fingerprint density at radius 1 is 0.337 bits per heavy atom. The predicted molar refractivity (Wildman–Crippen MR) is 439 cm³/mol. The molecule has 9 heterocycles. The standard InChI is InChI=1S/C11H17N.2C10H16N2.2C9H16N2.4C8H15N3.2CH4/c1-8(2)10-6-5-7-11(12-10)9(3)4;1-7(2)9-5-12-10(6-11-9)8(3)4;1-7(2)9-5-11-6-10(12-9)8(3)4;1-7(2)9-5-10-11(6-9)8(3)4;1-7(2)9-5-6-11(10-9)8(3)4;1-6(2)8-9-5-11(10-8)7(3)4;1-6(2)8-5-11(7(3)4)10-9-8;1-6(2)8-5-9-11(10-8)7(3)4;1-5(2)7-9-8(6(3)4)11-10-7;;/h5-9H,1-4H3;2*5-8H,1-4H3;2*5-8H,1-4H3;4*5-7H,1-4H3;2*1H4. The molecule has 104 heavy (non-hydrogen) atoms. The second-order valence-electron chi connectivity index (χ2n) is 31.7. The Bertz CT molecular complexity index is 2990. The van der Waals surface area contributed by atoms with Gasteiger partial charge in [0, 0.05) is 90.8 Å². The Balaban J connectivity index is 0. The molecule has 9 rings (SSSR count). The van der Waals surface area contributed by atoms with Gasteiger partial charge in [0.2, 0.25) is 0 Å². The number of aromatic nitrogens is 18. The van der Waals surface area contributed by atoms with Gasteiger partial charge < -0.3 is 0 Å². The molecule has 0 saturated heterocycles. The highest BCUT2D eigenvalue weighted by molar-refractivity contribution is 5.85. The minimum absolute atomic E-state index is 0. The summed E-state index contributed by atoms with van der Waals surface area (Å²) in [7, 11) is 0. The van der Waals surface area contributed by atoms with E-state index in [9.17, 15) is 0 Å². The Hall–Kier alpha value is -7.58. The topological polar surface area (TPSA) is 229 Å². The summed E-state index contributed by atoms with van der Waals surface area (Å²) in [4.78, 5) is 32.2. The van der Waals surface area contributed by atoms with E-state index in [4.69, 9.17) is 0 Å². The summed E-state index contributed by atoms with van der Waals surface area (Å²) >= 11 is 0. The zero-order valence-corrected chi connectivity index (χ0v) is 70.4. The van der Waals surface area contributed by atoms with Crippen molar-refractivity contribution in [1.29, 1.82) is 0 Å². The SMILES string of the molecule is C.C.CC(C)C1=NC(C(C)C)N=N1.CC(C)c1cccc(C(C)C)n1.CC(C)c1ccn(C(C)C)n1.CC(C)c1cn(C(C)C)nn1.CC(C)c1cnc(C(C)C)cn1.CC(C)c1cncc(C(C)C)n1.CC(C)c1cnn(C(C)C)c1.CC(C)c1cnn(C(C)C)n1.CC(C)c1ncn(C(C)C)n1. The molecule has 0 bridgehead atoms. The molecule has 1 atom stereocenters. The van der Waals surface area contributed by atoms with Gasteiger partial charge in [0.05, 0.1) is 58.3 Å². The van der Waals surface area contributed by atoms with Crippen LogP contribution in [0.5, 0.6) is 0 Å². The molecule has 1 aliphatic heterocycles. The number of rotatable bonds is 18. The Kier molecular flexibility index (Phi) is 47.4. The summed E-state index contributed by atoms with van der Waals surface area (Å²) in [6, 6.07) is 10.5. The van der Waals surface area contributed by atoms with E-state index in [1.54, 1.807) is 11.1 Å². The number of amidine groups is 1. The van der Waals surface area contributed by atoms with Crippen LogP contribution in [0.4, 0.5) is 0 Å². The third-order valence-electron chi connectivity index (χ3n) is 15.7. The minimum Gasteiger partial charge on any atom is -0.270 e. The molecule has 0 spiro atoms. The lowest BCUT2D eigenvalue weighted by atomic mass is 10.1. The second kappa shape index (κ2) is 50.0. The number of hydrogen-bond acceptors (Lipinski definition) is 16. The molecule has 0 aromatic carbocycles. The van der Waals surface area contributed by atoms with E-state index >= 15 is 0 Å². The fourth-order valence-electron chi connectivity index (χ4n) is 8.15. The Morgan fingerprint density at radius 2 is 0.788 bits per heavy atom. The third-order valence-corrected chi connectivity index (χ3v) is 15.7. The van der Waals surface area contributed by atoms with Crippen LogP contribution in [0.25, 0.3) is 0 Å². The molecule has 8 aromatic heterocycles. The van der Waals surface area contributed by atoms with Crippen molar-refractivity contribution in [3.63, 3.8) is 0 Å². The molecule has 0 N–H and O–H groups in total. The Morgan fingerprint density at radius 3 is 1.06 bits per heavy atom. The summed E-state index contributed by atoms with van der Waals surface area (Å²) in [5.74, 6) is 8.13. The van der Waals surface area contributed by atoms with Crippen molar-refractivity contribution in [2.24, 2.45) is 27.1 Å². The second-order valence-corrected chi connectivity index (χ2v) is 31.7. The fraction of sp³-hybridized carbons (Fsp3) is 0.687. The van der Waals surface area contributed by atoms with Crippen LogP contribution in [0.15, 0.2) is 102 Å². The first kappa shape index (κ1) is 98.5. The average Bonchev–Trinajstić information content (AvgIpc) is 1.83. The van der Waals surface area contributed by atoms with Crippen LogP contribution >= 0.6 is 0 Å². The van der Waals surface area contributed by atoms with E-state index in [-0.39, 0.29) is 21.0 Å². The first-order valence-corrected chi connectivity index (χ1v) is 37.9. The molecule has 0 aliphatic carbocycles. The molecule has 0 saturated carbocycles.